The highest BCUT2D eigenvalue weighted by Crippen LogP contribution is 2.28. The molecule has 0 radical (unpaired) electrons. The normalized spacial score (nSPS) is 9.89. The third-order valence-electron chi connectivity index (χ3n) is 2.12. The number of carboxylic acid groups (broad SMARTS) is 1. The van der Waals surface area contributed by atoms with Gasteiger partial charge in [0.2, 0.25) is 0 Å². The average molecular weight is 316 g/mol. The molecule has 0 bridgehead atoms. The Hall–Kier alpha value is -1.56. The smallest absolute Gasteiger partial charge is 0.339 e. The Labute approximate surface area is 113 Å². The summed E-state index contributed by atoms with van der Waals surface area (Å²) in [5.74, 6) is -1.21. The minimum atomic E-state index is -1.10. The van der Waals surface area contributed by atoms with Gasteiger partial charge in [0.05, 0.1) is 4.47 Å². The zero-order chi connectivity index (χ0) is 13.5. The number of ether oxygens (including phenoxy) is 1. The maximum atomic E-state index is 11.4. The van der Waals surface area contributed by atoms with E-state index >= 15 is 0 Å². The molecule has 0 saturated carbocycles. The summed E-state index contributed by atoms with van der Waals surface area (Å²) in [4.78, 5) is 22.4. The molecular weight excluding hydrogens is 302 g/mol. The maximum Gasteiger partial charge on any atom is 0.339 e. The van der Waals surface area contributed by atoms with Crippen molar-refractivity contribution in [3.63, 3.8) is 0 Å². The summed E-state index contributed by atoms with van der Waals surface area (Å²) in [6.45, 7) is 2.31. The first-order valence-corrected chi connectivity index (χ1v) is 6.26. The van der Waals surface area contributed by atoms with Gasteiger partial charge in [-0.05, 0) is 34.5 Å². The Morgan fingerprint density at radius 1 is 1.44 bits per heavy atom. The molecule has 1 aromatic carbocycles. The molecule has 0 aliphatic carbocycles. The Kier molecular flexibility index (Phi) is 5.64. The van der Waals surface area contributed by atoms with E-state index in [4.69, 9.17) is 9.84 Å². The molecule has 18 heavy (non-hydrogen) atoms. The monoisotopic (exact) mass is 315 g/mol. The van der Waals surface area contributed by atoms with E-state index in [0.717, 1.165) is 6.42 Å². The summed E-state index contributed by atoms with van der Waals surface area (Å²) in [5, 5.41) is 11.6. The van der Waals surface area contributed by atoms with Gasteiger partial charge in [-0.15, -0.1) is 0 Å². The number of carbonyl (C=O) groups is 2. The van der Waals surface area contributed by atoms with Gasteiger partial charge in [0.25, 0.3) is 5.91 Å². The first-order valence-electron chi connectivity index (χ1n) is 5.47. The topological polar surface area (TPSA) is 75.6 Å². The summed E-state index contributed by atoms with van der Waals surface area (Å²) in [7, 11) is 0. The number of halogens is 1. The van der Waals surface area contributed by atoms with Crippen molar-refractivity contribution in [1.82, 2.24) is 5.32 Å². The molecule has 1 amide bonds. The van der Waals surface area contributed by atoms with Gasteiger partial charge in [-0.2, -0.15) is 0 Å². The molecule has 6 heteroatoms. The molecule has 0 aromatic heterocycles. The van der Waals surface area contributed by atoms with Gasteiger partial charge in [0, 0.05) is 6.54 Å². The molecule has 0 atom stereocenters. The minimum absolute atomic E-state index is 0.0210. The Bertz CT molecular complexity index is 448. The largest absolute Gasteiger partial charge is 0.482 e. The molecule has 0 fully saturated rings. The van der Waals surface area contributed by atoms with E-state index in [1.807, 2.05) is 6.92 Å². The molecule has 0 aliphatic rings. The van der Waals surface area contributed by atoms with Crippen LogP contribution in [0.2, 0.25) is 0 Å². The molecule has 1 rings (SSSR count). The minimum Gasteiger partial charge on any atom is -0.482 e. The molecule has 0 aliphatic heterocycles. The lowest BCUT2D eigenvalue weighted by atomic mass is 10.2. The second-order valence-corrected chi connectivity index (χ2v) is 4.41. The van der Waals surface area contributed by atoms with Crippen molar-refractivity contribution in [3.8, 4) is 5.75 Å². The van der Waals surface area contributed by atoms with Crippen LogP contribution in [0.4, 0.5) is 0 Å². The lowest BCUT2D eigenvalue weighted by molar-refractivity contribution is -0.123. The molecule has 2 N–H and O–H groups in total. The quantitative estimate of drug-likeness (QED) is 0.842. The van der Waals surface area contributed by atoms with Gasteiger partial charge in [0.15, 0.2) is 6.61 Å². The number of carboxylic acids is 1. The Balaban J connectivity index is 2.72. The van der Waals surface area contributed by atoms with Crippen LogP contribution in [0.3, 0.4) is 0 Å². The van der Waals surface area contributed by atoms with Crippen LogP contribution in [-0.2, 0) is 4.79 Å². The zero-order valence-corrected chi connectivity index (χ0v) is 11.5. The Morgan fingerprint density at radius 2 is 2.17 bits per heavy atom. The molecule has 0 unspecified atom stereocenters. The fraction of sp³-hybridized carbons (Fsp3) is 0.333. The lowest BCUT2D eigenvalue weighted by Gasteiger charge is -2.10. The summed E-state index contributed by atoms with van der Waals surface area (Å²) in [6, 6.07) is 4.68. The van der Waals surface area contributed by atoms with Crippen LogP contribution in [0.5, 0.6) is 5.75 Å². The molecule has 98 valence electrons. The first kappa shape index (κ1) is 14.5. The number of carbonyl (C=O) groups excluding carboxylic acids is 1. The van der Waals surface area contributed by atoms with Crippen LogP contribution in [0.1, 0.15) is 23.7 Å². The number of hydrogen-bond acceptors (Lipinski definition) is 3. The molecule has 0 heterocycles. The van der Waals surface area contributed by atoms with Gasteiger partial charge in [-0.3, -0.25) is 4.79 Å². The number of amides is 1. The number of hydrogen-bond donors (Lipinski definition) is 2. The summed E-state index contributed by atoms with van der Waals surface area (Å²) in [6.07, 6.45) is 0.834. The number of benzene rings is 1. The van der Waals surface area contributed by atoms with Crippen LogP contribution in [0.25, 0.3) is 0 Å². The van der Waals surface area contributed by atoms with Gasteiger partial charge in [-0.1, -0.05) is 13.0 Å². The number of nitrogens with one attached hydrogen (secondary N) is 1. The van der Waals surface area contributed by atoms with E-state index in [2.05, 4.69) is 21.2 Å². The summed E-state index contributed by atoms with van der Waals surface area (Å²) in [5.41, 5.74) is 0.0210. The van der Waals surface area contributed by atoms with Crippen molar-refractivity contribution in [2.24, 2.45) is 0 Å². The SMILES string of the molecule is CCCNC(=O)COc1c(Br)cccc1C(=O)O. The third-order valence-corrected chi connectivity index (χ3v) is 2.74. The number of aromatic carboxylic acids is 1. The zero-order valence-electron chi connectivity index (χ0n) is 9.90. The Morgan fingerprint density at radius 3 is 2.78 bits per heavy atom. The predicted molar refractivity (Wildman–Crippen MR) is 69.9 cm³/mol. The lowest BCUT2D eigenvalue weighted by Crippen LogP contribution is -2.29. The van der Waals surface area contributed by atoms with Crippen molar-refractivity contribution in [3.05, 3.63) is 28.2 Å². The van der Waals surface area contributed by atoms with E-state index in [-0.39, 0.29) is 23.8 Å². The van der Waals surface area contributed by atoms with Crippen molar-refractivity contribution in [2.75, 3.05) is 13.2 Å². The van der Waals surface area contributed by atoms with Crippen molar-refractivity contribution in [1.29, 1.82) is 0 Å². The van der Waals surface area contributed by atoms with Gasteiger partial charge >= 0.3 is 5.97 Å². The van der Waals surface area contributed by atoms with Crippen LogP contribution in [-0.4, -0.2) is 30.1 Å². The van der Waals surface area contributed by atoms with E-state index in [0.29, 0.717) is 11.0 Å². The fourth-order valence-electron chi connectivity index (χ4n) is 1.28. The predicted octanol–water partition coefficient (Wildman–Crippen LogP) is 2.05. The molecule has 1 aromatic rings. The molecule has 5 nitrogen and oxygen atoms in total. The van der Waals surface area contributed by atoms with E-state index < -0.39 is 5.97 Å². The van der Waals surface area contributed by atoms with E-state index in [1.165, 1.54) is 6.07 Å². The van der Waals surface area contributed by atoms with Gasteiger partial charge in [0.1, 0.15) is 11.3 Å². The van der Waals surface area contributed by atoms with Crippen molar-refractivity contribution >= 4 is 27.8 Å². The van der Waals surface area contributed by atoms with Gasteiger partial charge < -0.3 is 15.2 Å². The van der Waals surface area contributed by atoms with Crippen LogP contribution in [0.15, 0.2) is 22.7 Å². The molecular formula is C12H14BrNO4. The van der Waals surface area contributed by atoms with Crippen molar-refractivity contribution < 1.29 is 19.4 Å². The van der Waals surface area contributed by atoms with Crippen molar-refractivity contribution in [2.45, 2.75) is 13.3 Å². The van der Waals surface area contributed by atoms with Crippen LogP contribution in [0, 0.1) is 0 Å². The number of rotatable bonds is 6. The molecule has 0 spiro atoms. The highest BCUT2D eigenvalue weighted by atomic mass is 79.9. The maximum absolute atomic E-state index is 11.4. The standard InChI is InChI=1S/C12H14BrNO4/c1-2-6-14-10(15)7-18-11-8(12(16)17)4-3-5-9(11)13/h3-5H,2,6-7H2,1H3,(H,14,15)(H,16,17). The highest BCUT2D eigenvalue weighted by molar-refractivity contribution is 9.10. The van der Waals surface area contributed by atoms with Gasteiger partial charge in [-0.25, -0.2) is 4.79 Å². The van der Waals surface area contributed by atoms with E-state index in [9.17, 15) is 9.59 Å². The second-order valence-electron chi connectivity index (χ2n) is 3.56. The summed E-state index contributed by atoms with van der Waals surface area (Å²) >= 11 is 3.20. The number of para-hydroxylation sites is 1. The first-order chi connectivity index (χ1) is 8.56. The highest BCUT2D eigenvalue weighted by Gasteiger charge is 2.15. The fourth-order valence-corrected chi connectivity index (χ4v) is 1.76. The average Bonchev–Trinajstić information content (AvgIpc) is 2.34. The molecule has 0 saturated heterocycles. The summed E-state index contributed by atoms with van der Waals surface area (Å²) < 4.78 is 5.75. The van der Waals surface area contributed by atoms with E-state index in [1.54, 1.807) is 12.1 Å². The second kappa shape index (κ2) is 7.00. The van der Waals surface area contributed by atoms with Crippen LogP contribution < -0.4 is 10.1 Å². The third kappa shape index (κ3) is 4.03. The van der Waals surface area contributed by atoms with Crippen LogP contribution >= 0.6 is 15.9 Å².